The molecular weight excluding hydrogens is 663 g/mol. The third-order valence-electron chi connectivity index (χ3n) is 11.2. The van der Waals surface area contributed by atoms with Crippen LogP contribution in [0.5, 0.6) is 0 Å². The zero-order valence-electron chi connectivity index (χ0n) is 29.3. The molecule has 0 atom stereocenters. The zero-order chi connectivity index (χ0) is 35.3. The largest absolute Gasteiger partial charge is 0.300 e. The van der Waals surface area contributed by atoms with Crippen molar-refractivity contribution >= 4 is 53.4 Å². The molecule has 0 unspecified atom stereocenters. The van der Waals surface area contributed by atoms with Crippen molar-refractivity contribution in [2.24, 2.45) is 0 Å². The summed E-state index contributed by atoms with van der Waals surface area (Å²) in [5, 5.41) is 5.06. The Morgan fingerprint density at radius 1 is 0.491 bits per heavy atom. The lowest BCUT2D eigenvalue weighted by molar-refractivity contribution is 0.630. The second-order valence-electron chi connectivity index (χ2n) is 14.6. The Kier molecular flexibility index (Phi) is 6.47. The standard InChI is InChI=1S/C49H33N3S/c1-49(2)39-21-13-20-38-44-37-19-10-12-23-43(37)53-48(44)52(46(38)39)42-25-24-32(29-40(42)49)45-36-18-9-11-22-41(36)50-47(51-45)35-27-33(30-14-5-3-6-15-30)26-34(28-35)31-16-7-4-8-17-31/h3-29H,1-2H3. The Morgan fingerprint density at radius 3 is 1.89 bits per heavy atom. The van der Waals surface area contributed by atoms with Gasteiger partial charge in [0.1, 0.15) is 4.83 Å². The molecule has 3 nitrogen and oxygen atoms in total. The average molecular weight is 696 g/mol. The Morgan fingerprint density at radius 2 is 1.13 bits per heavy atom. The zero-order valence-corrected chi connectivity index (χ0v) is 30.2. The minimum Gasteiger partial charge on any atom is -0.300 e. The van der Waals surface area contributed by atoms with Gasteiger partial charge >= 0.3 is 0 Å². The molecule has 3 aromatic heterocycles. The van der Waals surface area contributed by atoms with E-state index >= 15 is 0 Å². The van der Waals surface area contributed by atoms with Crippen molar-refractivity contribution in [3.05, 3.63) is 175 Å². The molecule has 0 aliphatic carbocycles. The van der Waals surface area contributed by atoms with Gasteiger partial charge in [0.15, 0.2) is 5.82 Å². The molecule has 0 spiro atoms. The maximum Gasteiger partial charge on any atom is 0.160 e. The summed E-state index contributed by atoms with van der Waals surface area (Å²) >= 11 is 1.89. The van der Waals surface area contributed by atoms with Crippen molar-refractivity contribution in [3.63, 3.8) is 0 Å². The second-order valence-corrected chi connectivity index (χ2v) is 15.6. The summed E-state index contributed by atoms with van der Waals surface area (Å²) in [6.45, 7) is 4.74. The monoisotopic (exact) mass is 695 g/mol. The number of nitrogens with zero attached hydrogens (tertiary/aromatic N) is 3. The predicted octanol–water partition coefficient (Wildman–Crippen LogP) is 13.2. The average Bonchev–Trinajstić information content (AvgIpc) is 3.75. The highest BCUT2D eigenvalue weighted by molar-refractivity contribution is 7.25. The lowest BCUT2D eigenvalue weighted by Crippen LogP contribution is -2.26. The fraction of sp³-hybridized carbons (Fsp3) is 0.0612. The molecule has 4 heteroatoms. The van der Waals surface area contributed by atoms with Crippen molar-refractivity contribution < 1.29 is 0 Å². The van der Waals surface area contributed by atoms with Gasteiger partial charge in [0, 0.05) is 42.8 Å². The van der Waals surface area contributed by atoms with Crippen LogP contribution in [-0.4, -0.2) is 14.5 Å². The molecule has 0 fully saturated rings. The molecule has 0 bridgehead atoms. The van der Waals surface area contributed by atoms with Crippen LogP contribution in [0.15, 0.2) is 164 Å². The fourth-order valence-corrected chi connectivity index (χ4v) is 9.81. The summed E-state index contributed by atoms with van der Waals surface area (Å²) < 4.78 is 3.85. The van der Waals surface area contributed by atoms with Gasteiger partial charge in [-0.1, -0.05) is 135 Å². The van der Waals surface area contributed by atoms with Crippen LogP contribution in [0.3, 0.4) is 0 Å². The number of thiophene rings is 1. The molecule has 4 heterocycles. The molecule has 0 radical (unpaired) electrons. The topological polar surface area (TPSA) is 30.7 Å². The Labute approximate surface area is 311 Å². The van der Waals surface area contributed by atoms with E-state index in [0.29, 0.717) is 0 Å². The summed E-state index contributed by atoms with van der Waals surface area (Å²) in [5.41, 5.74) is 13.6. The quantitative estimate of drug-likeness (QED) is 0.183. The Balaban J connectivity index is 1.14. The Hall–Kier alpha value is -6.36. The lowest BCUT2D eigenvalue weighted by atomic mass is 9.74. The molecule has 1 aliphatic rings. The highest BCUT2D eigenvalue weighted by Gasteiger charge is 2.36. The third-order valence-corrected chi connectivity index (χ3v) is 12.3. The van der Waals surface area contributed by atoms with Gasteiger partial charge in [-0.2, -0.15) is 0 Å². The summed E-state index contributed by atoms with van der Waals surface area (Å²) in [4.78, 5) is 12.0. The highest BCUT2D eigenvalue weighted by atomic mass is 32.1. The van der Waals surface area contributed by atoms with Crippen LogP contribution in [0.1, 0.15) is 25.0 Å². The second kappa shape index (κ2) is 11.3. The first-order valence-electron chi connectivity index (χ1n) is 18.2. The number of hydrogen-bond acceptors (Lipinski definition) is 3. The van der Waals surface area contributed by atoms with Crippen molar-refractivity contribution in [1.82, 2.24) is 14.5 Å². The lowest BCUT2D eigenvalue weighted by Gasteiger charge is -2.35. The van der Waals surface area contributed by atoms with Gasteiger partial charge in [-0.25, -0.2) is 9.97 Å². The van der Waals surface area contributed by atoms with Crippen LogP contribution in [0.2, 0.25) is 0 Å². The van der Waals surface area contributed by atoms with E-state index in [9.17, 15) is 0 Å². The number of para-hydroxylation sites is 2. The van der Waals surface area contributed by atoms with E-state index in [4.69, 9.17) is 9.97 Å². The van der Waals surface area contributed by atoms with Crippen LogP contribution in [0.4, 0.5) is 0 Å². The maximum absolute atomic E-state index is 5.44. The molecular formula is C49H33N3S. The van der Waals surface area contributed by atoms with Crippen LogP contribution in [0, 0.1) is 0 Å². The first-order chi connectivity index (χ1) is 26.0. The van der Waals surface area contributed by atoms with E-state index < -0.39 is 0 Å². The molecule has 0 saturated heterocycles. The summed E-state index contributed by atoms with van der Waals surface area (Å²) in [6.07, 6.45) is 0. The van der Waals surface area contributed by atoms with Crippen molar-refractivity contribution in [2.45, 2.75) is 19.3 Å². The highest BCUT2D eigenvalue weighted by Crippen LogP contribution is 2.51. The van der Waals surface area contributed by atoms with Gasteiger partial charge in [-0.3, -0.25) is 0 Å². The smallest absolute Gasteiger partial charge is 0.160 e. The molecule has 53 heavy (non-hydrogen) atoms. The SMILES string of the molecule is CC1(C)c2cc(-c3nc(-c4cc(-c5ccccc5)cc(-c5ccccc5)c4)nc4ccccc34)ccc2-n2c3sc4ccccc4c3c3cccc1c32. The van der Waals surface area contributed by atoms with Gasteiger partial charge in [0.25, 0.3) is 0 Å². The van der Waals surface area contributed by atoms with Gasteiger partial charge in [0.2, 0.25) is 0 Å². The normalized spacial score (nSPS) is 13.2. The predicted molar refractivity (Wildman–Crippen MR) is 223 cm³/mol. The number of hydrogen-bond donors (Lipinski definition) is 0. The first-order valence-corrected chi connectivity index (χ1v) is 19.0. The van der Waals surface area contributed by atoms with E-state index in [1.54, 1.807) is 0 Å². The van der Waals surface area contributed by atoms with Crippen LogP contribution in [0.25, 0.3) is 92.7 Å². The van der Waals surface area contributed by atoms with Crippen LogP contribution >= 0.6 is 11.3 Å². The molecule has 1 aliphatic heterocycles. The Bertz CT molecular complexity index is 3020. The third kappa shape index (κ3) is 4.52. The van der Waals surface area contributed by atoms with Gasteiger partial charge in [-0.15, -0.1) is 11.3 Å². The molecule has 0 N–H and O–H groups in total. The molecule has 7 aromatic carbocycles. The summed E-state index contributed by atoms with van der Waals surface area (Å²) in [7, 11) is 0. The van der Waals surface area contributed by atoms with Crippen LogP contribution < -0.4 is 0 Å². The summed E-state index contributed by atoms with van der Waals surface area (Å²) in [6, 6.07) is 59.0. The van der Waals surface area contributed by atoms with Gasteiger partial charge < -0.3 is 4.57 Å². The maximum atomic E-state index is 5.44. The molecule has 11 rings (SSSR count). The van der Waals surface area contributed by atoms with E-state index in [1.165, 1.54) is 48.0 Å². The molecule has 0 amide bonds. The van der Waals surface area contributed by atoms with Crippen molar-refractivity contribution in [2.75, 3.05) is 0 Å². The van der Waals surface area contributed by atoms with Crippen molar-refractivity contribution in [1.29, 1.82) is 0 Å². The van der Waals surface area contributed by atoms with E-state index in [0.717, 1.165) is 55.8 Å². The number of rotatable bonds is 4. The molecule has 10 aromatic rings. The minimum absolute atomic E-state index is 0.225. The first kappa shape index (κ1) is 30.3. The van der Waals surface area contributed by atoms with E-state index in [2.05, 4.69) is 182 Å². The van der Waals surface area contributed by atoms with Gasteiger partial charge in [0.05, 0.1) is 22.4 Å². The summed E-state index contributed by atoms with van der Waals surface area (Å²) in [5.74, 6) is 0.718. The number of fused-ring (bicyclic) bond motifs is 8. The minimum atomic E-state index is -0.225. The van der Waals surface area contributed by atoms with Crippen molar-refractivity contribution in [3.8, 4) is 50.6 Å². The fourth-order valence-electron chi connectivity index (χ4n) is 8.57. The van der Waals surface area contributed by atoms with Gasteiger partial charge in [-0.05, 0) is 75.8 Å². The van der Waals surface area contributed by atoms with E-state index in [-0.39, 0.29) is 5.41 Å². The molecule has 0 saturated carbocycles. The molecule has 250 valence electrons. The van der Waals surface area contributed by atoms with E-state index in [1.807, 2.05) is 11.3 Å². The number of benzene rings is 7. The van der Waals surface area contributed by atoms with Crippen LogP contribution in [-0.2, 0) is 5.41 Å². The number of aromatic nitrogens is 3.